The van der Waals surface area contributed by atoms with Crippen LogP contribution in [0.5, 0.6) is 11.5 Å². The molecule has 0 unspecified atom stereocenters. The topological polar surface area (TPSA) is 90.3 Å². The number of nitrogens with one attached hydrogen (secondary N) is 2. The second kappa shape index (κ2) is 8.42. The molecule has 0 bridgehead atoms. The molecule has 0 saturated heterocycles. The molecule has 0 radical (unpaired) electrons. The van der Waals surface area contributed by atoms with Crippen molar-refractivity contribution in [3.05, 3.63) is 71.7 Å². The summed E-state index contributed by atoms with van der Waals surface area (Å²) in [6, 6.07) is 12.5. The number of para-hydroxylation sites is 2. The number of rotatable bonds is 6. The molecule has 160 valence electrons. The van der Waals surface area contributed by atoms with Crippen molar-refractivity contribution in [2.24, 2.45) is 0 Å². The number of fused-ring (bicyclic) bond motifs is 1. The number of allylic oxidation sites excluding steroid dienone is 1. The molecule has 2 heterocycles. The van der Waals surface area contributed by atoms with Crippen LogP contribution in [0.2, 0.25) is 0 Å². The Labute approximate surface area is 176 Å². The number of nitrogens with zero attached hydrogens (tertiary/aromatic N) is 3. The zero-order valence-electron chi connectivity index (χ0n) is 16.7. The molecule has 0 fully saturated rings. The molecule has 8 nitrogen and oxygen atoms in total. The number of carbonyl (C=O) groups is 1. The Bertz CT molecular complexity index is 1130. The first-order chi connectivity index (χ1) is 15.0. The van der Waals surface area contributed by atoms with Crippen LogP contribution in [0.25, 0.3) is 0 Å². The number of ether oxygens (including phenoxy) is 2. The van der Waals surface area contributed by atoms with E-state index in [0.717, 1.165) is 0 Å². The first-order valence-corrected chi connectivity index (χ1v) is 9.34. The quantitative estimate of drug-likeness (QED) is 0.622. The summed E-state index contributed by atoms with van der Waals surface area (Å²) in [7, 11) is 1.52. The molecule has 1 amide bonds. The van der Waals surface area contributed by atoms with E-state index >= 15 is 0 Å². The number of aromatic nitrogens is 3. The molecule has 2 aromatic carbocycles. The van der Waals surface area contributed by atoms with Gasteiger partial charge in [0, 0.05) is 5.70 Å². The second-order valence-corrected chi connectivity index (χ2v) is 6.70. The molecule has 1 aliphatic heterocycles. The van der Waals surface area contributed by atoms with Gasteiger partial charge in [-0.1, -0.05) is 24.3 Å². The number of amides is 1. The van der Waals surface area contributed by atoms with Crippen molar-refractivity contribution in [3.8, 4) is 11.5 Å². The summed E-state index contributed by atoms with van der Waals surface area (Å²) in [6.45, 7) is -1.16. The van der Waals surface area contributed by atoms with Crippen LogP contribution in [-0.2, 0) is 4.79 Å². The molecule has 1 aromatic heterocycles. The zero-order valence-corrected chi connectivity index (χ0v) is 16.7. The SMILES string of the molecule is COc1ccccc1NC(=O)C1=C(C)Nc2ncnn2[C@@H]1c1ccc(OC(F)F)cc1. The van der Waals surface area contributed by atoms with Gasteiger partial charge in [-0.3, -0.25) is 4.79 Å². The van der Waals surface area contributed by atoms with Gasteiger partial charge in [-0.25, -0.2) is 4.68 Å². The van der Waals surface area contributed by atoms with Crippen LogP contribution in [0.4, 0.5) is 20.4 Å². The summed E-state index contributed by atoms with van der Waals surface area (Å²) in [4.78, 5) is 17.5. The largest absolute Gasteiger partial charge is 0.495 e. The number of carbonyl (C=O) groups excluding carboxylic acids is 1. The zero-order chi connectivity index (χ0) is 22.0. The predicted molar refractivity (Wildman–Crippen MR) is 109 cm³/mol. The third kappa shape index (κ3) is 4.04. The summed E-state index contributed by atoms with van der Waals surface area (Å²) < 4.78 is 36.3. The monoisotopic (exact) mass is 427 g/mol. The van der Waals surface area contributed by atoms with Crippen molar-refractivity contribution in [1.29, 1.82) is 0 Å². The third-order valence-corrected chi connectivity index (χ3v) is 4.82. The third-order valence-electron chi connectivity index (χ3n) is 4.82. The van der Waals surface area contributed by atoms with E-state index in [0.29, 0.717) is 34.2 Å². The number of hydrogen-bond acceptors (Lipinski definition) is 6. The van der Waals surface area contributed by atoms with Crippen LogP contribution >= 0.6 is 0 Å². The highest BCUT2D eigenvalue weighted by molar-refractivity contribution is 6.06. The molecule has 10 heteroatoms. The van der Waals surface area contributed by atoms with Gasteiger partial charge in [-0.2, -0.15) is 18.9 Å². The van der Waals surface area contributed by atoms with Gasteiger partial charge in [-0.05, 0) is 36.8 Å². The van der Waals surface area contributed by atoms with Gasteiger partial charge >= 0.3 is 6.61 Å². The highest BCUT2D eigenvalue weighted by Crippen LogP contribution is 2.36. The van der Waals surface area contributed by atoms with Crippen LogP contribution in [0, 0.1) is 0 Å². The lowest BCUT2D eigenvalue weighted by atomic mass is 9.95. The number of anilines is 2. The van der Waals surface area contributed by atoms with Crippen LogP contribution in [0.1, 0.15) is 18.5 Å². The summed E-state index contributed by atoms with van der Waals surface area (Å²) in [5.41, 5.74) is 2.15. The molecule has 0 saturated carbocycles. The van der Waals surface area contributed by atoms with Crippen LogP contribution in [0.3, 0.4) is 0 Å². The lowest BCUT2D eigenvalue weighted by Gasteiger charge is -2.29. The Hall–Kier alpha value is -3.95. The van der Waals surface area contributed by atoms with Crippen molar-refractivity contribution < 1.29 is 23.0 Å². The summed E-state index contributed by atoms with van der Waals surface area (Å²) in [6.07, 6.45) is 1.37. The molecule has 2 N–H and O–H groups in total. The number of hydrogen-bond donors (Lipinski definition) is 2. The van der Waals surface area contributed by atoms with Gasteiger partial charge in [0.2, 0.25) is 5.95 Å². The molecule has 4 rings (SSSR count). The number of halogens is 2. The van der Waals surface area contributed by atoms with Crippen molar-refractivity contribution in [1.82, 2.24) is 14.8 Å². The lowest BCUT2D eigenvalue weighted by Crippen LogP contribution is -2.31. The highest BCUT2D eigenvalue weighted by Gasteiger charge is 2.33. The van der Waals surface area contributed by atoms with Crippen molar-refractivity contribution in [2.45, 2.75) is 19.6 Å². The average molecular weight is 427 g/mol. The van der Waals surface area contributed by atoms with Crippen LogP contribution in [-0.4, -0.2) is 34.4 Å². The molecule has 1 aliphatic rings. The van der Waals surface area contributed by atoms with Crippen molar-refractivity contribution >= 4 is 17.5 Å². The minimum Gasteiger partial charge on any atom is -0.495 e. The van der Waals surface area contributed by atoms with E-state index in [-0.39, 0.29) is 11.7 Å². The Morgan fingerprint density at radius 3 is 2.65 bits per heavy atom. The van der Waals surface area contributed by atoms with E-state index in [2.05, 4.69) is 25.5 Å². The normalized spacial score (nSPS) is 15.3. The van der Waals surface area contributed by atoms with Gasteiger partial charge in [0.25, 0.3) is 5.91 Å². The number of alkyl halides is 2. The Morgan fingerprint density at radius 1 is 1.19 bits per heavy atom. The Balaban J connectivity index is 1.71. The molecular formula is C21H19F2N5O3. The predicted octanol–water partition coefficient (Wildman–Crippen LogP) is 3.82. The summed E-state index contributed by atoms with van der Waals surface area (Å²) in [5, 5.41) is 10.2. The molecular weight excluding hydrogens is 408 g/mol. The number of methoxy groups -OCH3 is 1. The number of benzene rings is 2. The van der Waals surface area contributed by atoms with Gasteiger partial charge in [0.1, 0.15) is 23.9 Å². The molecule has 31 heavy (non-hydrogen) atoms. The van der Waals surface area contributed by atoms with E-state index in [4.69, 9.17) is 4.74 Å². The molecule has 0 aliphatic carbocycles. The van der Waals surface area contributed by atoms with Gasteiger partial charge < -0.3 is 20.1 Å². The minimum absolute atomic E-state index is 0.0206. The lowest BCUT2D eigenvalue weighted by molar-refractivity contribution is -0.113. The highest BCUT2D eigenvalue weighted by atomic mass is 19.3. The smallest absolute Gasteiger partial charge is 0.387 e. The fourth-order valence-corrected chi connectivity index (χ4v) is 3.46. The fraction of sp³-hybridized carbons (Fsp3) is 0.190. The van der Waals surface area contributed by atoms with E-state index < -0.39 is 12.7 Å². The maximum absolute atomic E-state index is 13.3. The molecule has 3 aromatic rings. The van der Waals surface area contributed by atoms with E-state index in [9.17, 15) is 13.6 Å². The van der Waals surface area contributed by atoms with Gasteiger partial charge in [0.15, 0.2) is 0 Å². The van der Waals surface area contributed by atoms with E-state index in [1.54, 1.807) is 48.0 Å². The fourth-order valence-electron chi connectivity index (χ4n) is 3.46. The standard InChI is InChI=1S/C21H19F2N5O3/c1-12-17(19(29)27-15-5-3-4-6-16(15)30-2)18(28-21(26-12)24-11-25-28)13-7-9-14(10-8-13)31-20(22)23/h3-11,18,20H,1-2H3,(H,27,29)(H,24,25,26)/t18-/m1/s1. The van der Waals surface area contributed by atoms with Crippen molar-refractivity contribution in [2.75, 3.05) is 17.7 Å². The van der Waals surface area contributed by atoms with Crippen molar-refractivity contribution in [3.63, 3.8) is 0 Å². The first-order valence-electron chi connectivity index (χ1n) is 9.34. The first kappa shape index (κ1) is 20.3. The Kier molecular flexibility index (Phi) is 5.52. The second-order valence-electron chi connectivity index (χ2n) is 6.70. The Morgan fingerprint density at radius 2 is 1.94 bits per heavy atom. The molecule has 1 atom stereocenters. The average Bonchev–Trinajstić information content (AvgIpc) is 3.21. The summed E-state index contributed by atoms with van der Waals surface area (Å²) >= 11 is 0. The van der Waals surface area contributed by atoms with Gasteiger partial charge in [-0.15, -0.1) is 0 Å². The van der Waals surface area contributed by atoms with Crippen LogP contribution < -0.4 is 20.1 Å². The maximum Gasteiger partial charge on any atom is 0.387 e. The van der Waals surface area contributed by atoms with E-state index in [1.807, 2.05) is 0 Å². The minimum atomic E-state index is -2.92. The summed E-state index contributed by atoms with van der Waals surface area (Å²) in [5.74, 6) is 0.634. The van der Waals surface area contributed by atoms with E-state index in [1.165, 1.54) is 25.6 Å². The van der Waals surface area contributed by atoms with Crippen LogP contribution in [0.15, 0.2) is 66.1 Å². The maximum atomic E-state index is 13.3. The molecule has 0 spiro atoms. The van der Waals surface area contributed by atoms with Gasteiger partial charge in [0.05, 0.1) is 18.4 Å².